The van der Waals surface area contributed by atoms with Gasteiger partial charge in [-0.25, -0.2) is 18.4 Å². The third kappa shape index (κ3) is 5.10. The maximum atomic E-state index is 10.8. The normalized spacial score (nSPS) is 11.6. The first-order valence-corrected chi connectivity index (χ1v) is 7.28. The van der Waals surface area contributed by atoms with Crippen LogP contribution in [0.15, 0.2) is 17.6 Å². The van der Waals surface area contributed by atoms with Gasteiger partial charge in [-0.3, -0.25) is 0 Å². The molecule has 1 heterocycles. The number of aliphatic hydroxyl groups is 1. The average molecular weight is 248 g/mol. The van der Waals surface area contributed by atoms with Crippen molar-refractivity contribution in [2.45, 2.75) is 11.8 Å². The minimum atomic E-state index is -2.92. The molecule has 5 nitrogen and oxygen atoms in total. The lowest BCUT2D eigenvalue weighted by Crippen LogP contribution is -2.05. The minimum absolute atomic E-state index is 0.0890. The molecule has 0 fully saturated rings. The monoisotopic (exact) mass is 248 g/mol. The molecule has 0 aliphatic heterocycles. The fourth-order valence-corrected chi connectivity index (χ4v) is 2.76. The molecule has 0 spiro atoms. The summed E-state index contributed by atoms with van der Waals surface area (Å²) >= 11 is 1.28. The van der Waals surface area contributed by atoms with E-state index in [2.05, 4.69) is 9.97 Å². The molecule has 1 aromatic heterocycles. The fraction of sp³-hybridized carbons (Fsp3) is 0.500. The number of aromatic nitrogens is 2. The number of thioether (sulfide) groups is 1. The van der Waals surface area contributed by atoms with Crippen LogP contribution in [0.1, 0.15) is 5.56 Å². The number of hydrogen-bond acceptors (Lipinski definition) is 6. The van der Waals surface area contributed by atoms with Crippen LogP contribution in [0, 0.1) is 0 Å². The highest BCUT2D eigenvalue weighted by atomic mass is 32.2. The van der Waals surface area contributed by atoms with E-state index in [1.54, 1.807) is 0 Å². The Bertz CT molecular complexity index is 402. The topological polar surface area (TPSA) is 80.2 Å². The van der Waals surface area contributed by atoms with Gasteiger partial charge in [0, 0.05) is 30.0 Å². The molecule has 0 bridgehead atoms. The summed E-state index contributed by atoms with van der Waals surface area (Å²) < 4.78 is 21.7. The van der Waals surface area contributed by atoms with Crippen LogP contribution in [0.2, 0.25) is 0 Å². The van der Waals surface area contributed by atoms with Crippen molar-refractivity contribution in [1.82, 2.24) is 9.97 Å². The van der Waals surface area contributed by atoms with Crippen LogP contribution < -0.4 is 0 Å². The number of nitrogens with zero attached hydrogens (tertiary/aromatic N) is 2. The van der Waals surface area contributed by atoms with Crippen LogP contribution >= 0.6 is 11.8 Å². The Morgan fingerprint density at radius 3 is 2.47 bits per heavy atom. The number of aliphatic hydroxyl groups excluding tert-OH is 1. The van der Waals surface area contributed by atoms with E-state index < -0.39 is 9.84 Å². The van der Waals surface area contributed by atoms with E-state index in [0.29, 0.717) is 16.5 Å². The lowest BCUT2D eigenvalue weighted by molar-refractivity contribution is 0.280. The molecule has 7 heteroatoms. The SMILES string of the molecule is CS(=O)(=O)CCSc1ncc(CO)cn1. The predicted octanol–water partition coefficient (Wildman–Crippen LogP) is 0.106. The molecular weight excluding hydrogens is 236 g/mol. The summed E-state index contributed by atoms with van der Waals surface area (Å²) in [7, 11) is -2.92. The highest BCUT2D eigenvalue weighted by molar-refractivity contribution is 8.00. The maximum Gasteiger partial charge on any atom is 0.187 e. The third-order valence-electron chi connectivity index (χ3n) is 1.55. The van der Waals surface area contributed by atoms with Crippen molar-refractivity contribution < 1.29 is 13.5 Å². The largest absolute Gasteiger partial charge is 0.392 e. The molecule has 84 valence electrons. The first-order valence-electron chi connectivity index (χ1n) is 4.23. The molecule has 0 saturated heterocycles. The van der Waals surface area contributed by atoms with Gasteiger partial charge in [-0.2, -0.15) is 0 Å². The van der Waals surface area contributed by atoms with Gasteiger partial charge in [-0.1, -0.05) is 11.8 Å². The molecule has 15 heavy (non-hydrogen) atoms. The molecule has 0 radical (unpaired) electrons. The van der Waals surface area contributed by atoms with E-state index >= 15 is 0 Å². The van der Waals surface area contributed by atoms with Crippen LogP contribution in [0.4, 0.5) is 0 Å². The molecule has 1 rings (SSSR count). The second-order valence-electron chi connectivity index (χ2n) is 3.01. The molecule has 1 N–H and O–H groups in total. The molecule has 0 unspecified atom stereocenters. The number of sulfone groups is 1. The lowest BCUT2D eigenvalue weighted by atomic mass is 10.4. The van der Waals surface area contributed by atoms with Crippen molar-refractivity contribution in [3.63, 3.8) is 0 Å². The summed E-state index contributed by atoms with van der Waals surface area (Å²) in [6.07, 6.45) is 4.24. The molecule has 0 aliphatic rings. The van der Waals surface area contributed by atoms with E-state index in [0.717, 1.165) is 0 Å². The van der Waals surface area contributed by atoms with Gasteiger partial charge < -0.3 is 5.11 Å². The molecule has 0 aliphatic carbocycles. The molecular formula is C8H12N2O3S2. The maximum absolute atomic E-state index is 10.8. The molecule has 0 amide bonds. The standard InChI is InChI=1S/C8H12N2O3S2/c1-15(12,13)3-2-14-8-9-4-7(6-11)5-10-8/h4-5,11H,2-3,6H2,1H3. The van der Waals surface area contributed by atoms with Gasteiger partial charge >= 0.3 is 0 Å². The van der Waals surface area contributed by atoms with E-state index in [4.69, 9.17) is 5.11 Å². The smallest absolute Gasteiger partial charge is 0.187 e. The highest BCUT2D eigenvalue weighted by Gasteiger charge is 2.04. The van der Waals surface area contributed by atoms with Crippen LogP contribution in [-0.2, 0) is 16.4 Å². The first-order chi connectivity index (χ1) is 7.01. The van der Waals surface area contributed by atoms with E-state index in [-0.39, 0.29) is 12.4 Å². The van der Waals surface area contributed by atoms with Crippen molar-refractivity contribution in [1.29, 1.82) is 0 Å². The van der Waals surface area contributed by atoms with Crippen LogP contribution in [0.5, 0.6) is 0 Å². The molecule has 0 saturated carbocycles. The summed E-state index contributed by atoms with van der Waals surface area (Å²) in [6.45, 7) is -0.0890. The van der Waals surface area contributed by atoms with Crippen LogP contribution in [0.25, 0.3) is 0 Å². The summed E-state index contributed by atoms with van der Waals surface area (Å²) in [5.74, 6) is 0.556. The van der Waals surface area contributed by atoms with Crippen molar-refractivity contribution in [2.24, 2.45) is 0 Å². The summed E-state index contributed by atoms with van der Waals surface area (Å²) in [5.41, 5.74) is 0.641. The summed E-state index contributed by atoms with van der Waals surface area (Å²) in [6, 6.07) is 0. The zero-order chi connectivity index (χ0) is 11.3. The van der Waals surface area contributed by atoms with Crippen molar-refractivity contribution in [3.8, 4) is 0 Å². The Morgan fingerprint density at radius 1 is 1.40 bits per heavy atom. The Morgan fingerprint density at radius 2 is 2.00 bits per heavy atom. The number of hydrogen-bond donors (Lipinski definition) is 1. The van der Waals surface area contributed by atoms with Gasteiger partial charge in [-0.15, -0.1) is 0 Å². The second-order valence-corrected chi connectivity index (χ2v) is 6.33. The zero-order valence-corrected chi connectivity index (χ0v) is 9.88. The highest BCUT2D eigenvalue weighted by Crippen LogP contribution is 2.12. The van der Waals surface area contributed by atoms with Gasteiger partial charge in [0.1, 0.15) is 9.84 Å². The molecule has 0 atom stereocenters. The van der Waals surface area contributed by atoms with Gasteiger partial charge in [0.05, 0.1) is 12.4 Å². The first kappa shape index (κ1) is 12.4. The van der Waals surface area contributed by atoms with Crippen molar-refractivity contribution >= 4 is 21.6 Å². The van der Waals surface area contributed by atoms with Gasteiger partial charge in [0.2, 0.25) is 0 Å². The fourth-order valence-electron chi connectivity index (χ4n) is 0.783. The average Bonchev–Trinajstić information content (AvgIpc) is 2.17. The second kappa shape index (κ2) is 5.43. The molecule has 0 aromatic carbocycles. The third-order valence-corrected chi connectivity index (χ3v) is 3.63. The summed E-state index contributed by atoms with van der Waals surface area (Å²) in [4.78, 5) is 7.93. The Hall–Kier alpha value is -0.660. The Kier molecular flexibility index (Phi) is 4.49. The van der Waals surface area contributed by atoms with Gasteiger partial charge in [0.15, 0.2) is 5.16 Å². The van der Waals surface area contributed by atoms with Crippen molar-refractivity contribution in [3.05, 3.63) is 18.0 Å². The van der Waals surface area contributed by atoms with Crippen LogP contribution in [-0.4, -0.2) is 41.3 Å². The molecule has 1 aromatic rings. The van der Waals surface area contributed by atoms with E-state index in [9.17, 15) is 8.42 Å². The minimum Gasteiger partial charge on any atom is -0.392 e. The van der Waals surface area contributed by atoms with E-state index in [1.165, 1.54) is 30.4 Å². The zero-order valence-electron chi connectivity index (χ0n) is 8.25. The summed E-state index contributed by atoms with van der Waals surface area (Å²) in [5, 5.41) is 9.27. The van der Waals surface area contributed by atoms with Crippen molar-refractivity contribution in [2.75, 3.05) is 17.8 Å². The van der Waals surface area contributed by atoms with E-state index in [1.807, 2.05) is 0 Å². The Balaban J connectivity index is 2.45. The van der Waals surface area contributed by atoms with Crippen LogP contribution in [0.3, 0.4) is 0 Å². The number of rotatable bonds is 5. The Labute approximate surface area is 92.9 Å². The quantitative estimate of drug-likeness (QED) is 0.588. The lowest BCUT2D eigenvalue weighted by Gasteiger charge is -1.99. The van der Waals surface area contributed by atoms with Gasteiger partial charge in [0.25, 0.3) is 0 Å². The van der Waals surface area contributed by atoms with Gasteiger partial charge in [-0.05, 0) is 0 Å². The predicted molar refractivity (Wildman–Crippen MR) is 58.4 cm³/mol.